The maximum absolute atomic E-state index is 12.5. The van der Waals surface area contributed by atoms with Crippen molar-refractivity contribution in [2.45, 2.75) is 44.6 Å². The molecule has 0 aromatic carbocycles. The molecule has 2 fully saturated rings. The first-order valence-corrected chi connectivity index (χ1v) is 10.1. The number of rotatable bonds is 6. The molecule has 7 amide bonds. The van der Waals surface area contributed by atoms with Crippen LogP contribution >= 0.6 is 11.3 Å². The molecule has 28 heavy (non-hydrogen) atoms. The first-order valence-electron chi connectivity index (χ1n) is 9.26. The van der Waals surface area contributed by atoms with E-state index in [1.54, 1.807) is 11.3 Å². The maximum atomic E-state index is 12.5. The molecule has 2 aliphatic rings. The highest BCUT2D eigenvalue weighted by molar-refractivity contribution is 7.09. The fraction of sp³-hybridized carbons (Fsp3) is 0.500. The van der Waals surface area contributed by atoms with Gasteiger partial charge in [-0.15, -0.1) is 11.3 Å². The Labute approximate surface area is 166 Å². The van der Waals surface area contributed by atoms with Crippen LogP contribution in [-0.2, 0) is 20.8 Å². The van der Waals surface area contributed by atoms with Crippen LogP contribution in [0.1, 0.15) is 37.0 Å². The van der Waals surface area contributed by atoms with Gasteiger partial charge in [0.15, 0.2) is 0 Å². The molecule has 0 bridgehead atoms. The van der Waals surface area contributed by atoms with E-state index in [0.29, 0.717) is 30.7 Å². The lowest BCUT2D eigenvalue weighted by molar-refractivity contribution is -0.144. The van der Waals surface area contributed by atoms with Crippen LogP contribution < -0.4 is 10.6 Å². The second-order valence-corrected chi connectivity index (χ2v) is 7.81. The van der Waals surface area contributed by atoms with Crippen LogP contribution in [0.4, 0.5) is 9.59 Å². The van der Waals surface area contributed by atoms with E-state index >= 15 is 0 Å². The molecule has 1 aliphatic heterocycles. The molecule has 0 radical (unpaired) electrons. The molecular formula is C18H22N4O5S. The van der Waals surface area contributed by atoms with Crippen LogP contribution in [0.2, 0.25) is 0 Å². The standard InChI is InChI=1S/C18H22N4O5S/c23-14(20-17(26)19-9-8-13-7-4-10-28-13)11-21-15(24)16(25)22(18(21)27)12-5-2-1-3-6-12/h4,7,10,12H,1-3,5-6,8-9,11H2,(H2,19,20,23,26). The molecule has 1 saturated carbocycles. The second-order valence-electron chi connectivity index (χ2n) is 6.77. The summed E-state index contributed by atoms with van der Waals surface area (Å²) in [6.45, 7) is -0.319. The van der Waals surface area contributed by atoms with E-state index in [9.17, 15) is 24.0 Å². The summed E-state index contributed by atoms with van der Waals surface area (Å²) in [5.41, 5.74) is 0. The van der Waals surface area contributed by atoms with Gasteiger partial charge in [0.05, 0.1) is 0 Å². The summed E-state index contributed by atoms with van der Waals surface area (Å²) in [5.74, 6) is -2.75. The molecule has 10 heteroatoms. The fourth-order valence-corrected chi connectivity index (χ4v) is 4.14. The minimum atomic E-state index is -1.02. The molecule has 9 nitrogen and oxygen atoms in total. The summed E-state index contributed by atoms with van der Waals surface area (Å²) in [7, 11) is 0. The van der Waals surface area contributed by atoms with E-state index in [4.69, 9.17) is 0 Å². The number of nitrogens with zero attached hydrogens (tertiary/aromatic N) is 2. The van der Waals surface area contributed by atoms with Crippen molar-refractivity contribution in [3.8, 4) is 0 Å². The molecule has 1 aromatic heterocycles. The summed E-state index contributed by atoms with van der Waals surface area (Å²) in [6.07, 6.45) is 4.78. The van der Waals surface area contributed by atoms with E-state index in [1.165, 1.54) is 0 Å². The van der Waals surface area contributed by atoms with E-state index in [2.05, 4.69) is 10.6 Å². The molecule has 0 atom stereocenters. The van der Waals surface area contributed by atoms with E-state index in [-0.39, 0.29) is 6.04 Å². The van der Waals surface area contributed by atoms with Crippen molar-refractivity contribution in [3.63, 3.8) is 0 Å². The number of hydrogen-bond acceptors (Lipinski definition) is 6. The Morgan fingerprint density at radius 1 is 1.11 bits per heavy atom. The first kappa shape index (κ1) is 20.0. The van der Waals surface area contributed by atoms with Crippen molar-refractivity contribution in [2.24, 2.45) is 0 Å². The smallest absolute Gasteiger partial charge is 0.334 e. The van der Waals surface area contributed by atoms with Gasteiger partial charge in [0.1, 0.15) is 6.54 Å². The Morgan fingerprint density at radius 3 is 2.54 bits per heavy atom. The Hall–Kier alpha value is -2.75. The molecule has 1 aliphatic carbocycles. The quantitative estimate of drug-likeness (QED) is 0.545. The van der Waals surface area contributed by atoms with Crippen molar-refractivity contribution in [1.29, 1.82) is 0 Å². The Morgan fingerprint density at radius 2 is 1.86 bits per heavy atom. The van der Waals surface area contributed by atoms with Crippen LogP contribution in [0.5, 0.6) is 0 Å². The average molecular weight is 406 g/mol. The summed E-state index contributed by atoms with van der Waals surface area (Å²) in [5, 5.41) is 6.55. The number of nitrogens with one attached hydrogen (secondary N) is 2. The van der Waals surface area contributed by atoms with Crippen molar-refractivity contribution in [3.05, 3.63) is 22.4 Å². The van der Waals surface area contributed by atoms with Gasteiger partial charge in [-0.2, -0.15) is 0 Å². The van der Waals surface area contributed by atoms with Crippen LogP contribution in [0.15, 0.2) is 17.5 Å². The topological polar surface area (TPSA) is 116 Å². The predicted molar refractivity (Wildman–Crippen MR) is 100 cm³/mol. The Bertz CT molecular complexity index is 773. The van der Waals surface area contributed by atoms with Crippen molar-refractivity contribution in [1.82, 2.24) is 20.4 Å². The highest BCUT2D eigenvalue weighted by Gasteiger charge is 2.48. The number of carbonyl (C=O) groups is 5. The first-order chi connectivity index (χ1) is 13.5. The SMILES string of the molecule is O=C(CN1C(=O)C(=O)N(C2CCCCC2)C1=O)NC(=O)NCCc1cccs1. The van der Waals surface area contributed by atoms with Gasteiger partial charge in [-0.1, -0.05) is 25.3 Å². The lowest BCUT2D eigenvalue weighted by Gasteiger charge is -2.28. The summed E-state index contributed by atoms with van der Waals surface area (Å²) in [6, 6.07) is 2.05. The lowest BCUT2D eigenvalue weighted by atomic mass is 9.94. The zero-order chi connectivity index (χ0) is 20.1. The zero-order valence-corrected chi connectivity index (χ0v) is 16.1. The molecule has 2 N–H and O–H groups in total. The molecule has 1 saturated heterocycles. The molecule has 1 aromatic rings. The Kier molecular flexibility index (Phi) is 6.40. The summed E-state index contributed by atoms with van der Waals surface area (Å²) < 4.78 is 0. The number of thiophene rings is 1. The van der Waals surface area contributed by atoms with Gasteiger partial charge in [0, 0.05) is 17.5 Å². The second kappa shape index (κ2) is 8.96. The van der Waals surface area contributed by atoms with Crippen molar-refractivity contribution >= 4 is 41.1 Å². The van der Waals surface area contributed by atoms with Crippen LogP contribution in [0.3, 0.4) is 0 Å². The maximum Gasteiger partial charge on any atom is 0.334 e. The number of imide groups is 3. The molecule has 2 heterocycles. The summed E-state index contributed by atoms with van der Waals surface area (Å²) >= 11 is 1.57. The third-order valence-electron chi connectivity index (χ3n) is 4.82. The normalized spacial score (nSPS) is 17.9. The molecule has 150 valence electrons. The van der Waals surface area contributed by atoms with Gasteiger partial charge in [0.2, 0.25) is 5.91 Å². The van der Waals surface area contributed by atoms with E-state index in [0.717, 1.165) is 29.0 Å². The van der Waals surface area contributed by atoms with Crippen molar-refractivity contribution in [2.75, 3.05) is 13.1 Å². The van der Waals surface area contributed by atoms with E-state index in [1.807, 2.05) is 17.5 Å². The lowest BCUT2D eigenvalue weighted by Crippen LogP contribution is -2.47. The minimum Gasteiger partial charge on any atom is -0.337 e. The number of carbonyl (C=O) groups excluding carboxylic acids is 5. The van der Waals surface area contributed by atoms with Crippen molar-refractivity contribution < 1.29 is 24.0 Å². The minimum absolute atomic E-state index is 0.300. The third-order valence-corrected chi connectivity index (χ3v) is 5.75. The molecule has 3 rings (SSSR count). The van der Waals surface area contributed by atoms with E-state index < -0.39 is 36.3 Å². The molecular weight excluding hydrogens is 384 g/mol. The van der Waals surface area contributed by atoms with Crippen LogP contribution in [-0.4, -0.2) is 58.7 Å². The van der Waals surface area contributed by atoms with Crippen LogP contribution in [0, 0.1) is 0 Å². The highest BCUT2D eigenvalue weighted by Crippen LogP contribution is 2.26. The van der Waals surface area contributed by atoms with Gasteiger partial charge in [0.25, 0.3) is 0 Å². The zero-order valence-electron chi connectivity index (χ0n) is 15.3. The summed E-state index contributed by atoms with van der Waals surface area (Å²) in [4.78, 5) is 63.3. The number of hydrogen-bond donors (Lipinski definition) is 2. The molecule has 0 spiro atoms. The monoisotopic (exact) mass is 406 g/mol. The van der Waals surface area contributed by atoms with Crippen LogP contribution in [0.25, 0.3) is 0 Å². The van der Waals surface area contributed by atoms with Gasteiger partial charge >= 0.3 is 23.9 Å². The van der Waals surface area contributed by atoms with Gasteiger partial charge in [-0.25, -0.2) is 14.5 Å². The highest BCUT2D eigenvalue weighted by atomic mass is 32.1. The van der Waals surface area contributed by atoms with Gasteiger partial charge in [-0.05, 0) is 30.7 Å². The van der Waals surface area contributed by atoms with Gasteiger partial charge in [-0.3, -0.25) is 24.6 Å². The third kappa shape index (κ3) is 4.56. The number of urea groups is 2. The number of amides is 7. The average Bonchev–Trinajstić information content (AvgIpc) is 3.26. The molecule has 0 unspecified atom stereocenters. The van der Waals surface area contributed by atoms with Gasteiger partial charge < -0.3 is 5.32 Å². The predicted octanol–water partition coefficient (Wildman–Crippen LogP) is 1.24. The largest absolute Gasteiger partial charge is 0.337 e. The fourth-order valence-electron chi connectivity index (χ4n) is 3.43. The Balaban J connectivity index is 1.48.